The van der Waals surface area contributed by atoms with Gasteiger partial charge in [0.05, 0.1) is 12.7 Å². The molecule has 0 spiro atoms. The van der Waals surface area contributed by atoms with Crippen LogP contribution >= 0.6 is 34.0 Å². The second kappa shape index (κ2) is 56.7. The lowest BCUT2D eigenvalue weighted by Gasteiger charge is -2.02. The molecule has 0 fully saturated rings. The summed E-state index contributed by atoms with van der Waals surface area (Å²) in [5, 5.41) is 74.2. The summed E-state index contributed by atoms with van der Waals surface area (Å²) in [6, 6.07) is 44.1. The van der Waals surface area contributed by atoms with Crippen LogP contribution < -0.4 is 4.74 Å². The maximum Gasteiger partial charge on any atom is 0.346 e. The first-order chi connectivity index (χ1) is 45.1. The molecule has 7 rings (SSSR count). The van der Waals surface area contributed by atoms with Gasteiger partial charge in [-0.15, -0.1) is 29.3 Å². The number of carbonyl (C=O) groups excluding carboxylic acids is 1. The van der Waals surface area contributed by atoms with Crippen molar-refractivity contribution in [2.75, 3.05) is 7.11 Å². The summed E-state index contributed by atoms with van der Waals surface area (Å²) < 4.78 is 5.02. The van der Waals surface area contributed by atoms with Crippen molar-refractivity contribution in [1.29, 1.82) is 0 Å². The molecule has 0 radical (unpaired) electrons. The van der Waals surface area contributed by atoms with Crippen molar-refractivity contribution >= 4 is 87.5 Å². The van der Waals surface area contributed by atoms with Crippen LogP contribution in [0, 0.1) is 6.92 Å². The van der Waals surface area contributed by atoms with Crippen LogP contribution in [0.1, 0.15) is 186 Å². The molecule has 4 aromatic carbocycles. The molecular weight excluding hydrogens is 1260 g/mol. The molecule has 3 aromatic heterocycles. The molecule has 0 aliphatic heterocycles. The van der Waals surface area contributed by atoms with Gasteiger partial charge in [-0.3, -0.25) is 33.6 Å². The molecule has 510 valence electrons. The molecule has 18 nitrogen and oxygen atoms in total. The maximum absolute atomic E-state index is 11.4. The average molecular weight is 1350 g/mol. The van der Waals surface area contributed by atoms with Gasteiger partial charge >= 0.3 is 47.8 Å². The summed E-state index contributed by atoms with van der Waals surface area (Å²) in [5.74, 6) is -5.25. The zero-order chi connectivity index (χ0) is 70.0. The number of thiophene rings is 3. The molecule has 21 heteroatoms. The topological polar surface area (TPSA) is 325 Å². The fraction of sp³-hybridized carbons (Fsp3) is 0.356. The van der Waals surface area contributed by atoms with E-state index < -0.39 is 47.8 Å². The number of benzene rings is 4. The highest BCUT2D eigenvalue weighted by Crippen LogP contribution is 2.16. The molecule has 7 aromatic rings. The largest absolute Gasteiger partial charge is 0.497 e. The molecule has 0 unspecified atom stereocenters. The Balaban J connectivity index is 0.00000106. The number of methoxy groups -OCH3 is 1. The maximum atomic E-state index is 11.4. The molecule has 94 heavy (non-hydrogen) atoms. The zero-order valence-corrected chi connectivity index (χ0v) is 56.2. The van der Waals surface area contributed by atoms with E-state index in [2.05, 4.69) is 18.7 Å². The Labute approximate surface area is 563 Å². The molecular formula is C73H92O18S3. The van der Waals surface area contributed by atoms with Gasteiger partial charge in [0.25, 0.3) is 0 Å². The minimum Gasteiger partial charge on any atom is -0.497 e. The summed E-state index contributed by atoms with van der Waals surface area (Å²) in [6.07, 6.45) is 19.4. The number of Topliss-reactive ketones (excluding diaryl/α,β-unsaturated/α-hetero) is 1. The first kappa shape index (κ1) is 85.0. The molecule has 0 aliphatic rings. The van der Waals surface area contributed by atoms with Crippen molar-refractivity contribution in [3.63, 3.8) is 0 Å². The SMILES string of the molecule is C=CCCCCCCCCC(=O)O.COc1ccc(CCCC(=O)O)cc1.Cc1ccsc1C(=O)O.O=C(O)CCCC(=O)c1ccccc1.O=C(O)CCCCc1ccccc1.O=C(O)CCCc1ccccc1.O=C(O)CCCc1cccs1.O=C(O)c1ccsc1. The monoisotopic (exact) mass is 1350 g/mol. The number of hydrogen-bond acceptors (Lipinski definition) is 13. The van der Waals surface area contributed by atoms with Gasteiger partial charge in [-0.05, 0) is 159 Å². The summed E-state index contributed by atoms with van der Waals surface area (Å²) in [7, 11) is 1.62. The number of aromatic carboxylic acids is 2. The lowest BCUT2D eigenvalue weighted by molar-refractivity contribution is -0.138. The first-order valence-corrected chi connectivity index (χ1v) is 33.5. The van der Waals surface area contributed by atoms with Gasteiger partial charge in [0.2, 0.25) is 0 Å². The molecule has 3 heterocycles. The number of carboxylic acid groups (broad SMARTS) is 8. The number of aliphatic carboxylic acids is 6. The summed E-state index contributed by atoms with van der Waals surface area (Å²) in [5.41, 5.74) is 5.50. The van der Waals surface area contributed by atoms with E-state index in [1.165, 1.54) is 64.4 Å². The number of carboxylic acids is 8. The Morgan fingerprint density at radius 3 is 1.22 bits per heavy atom. The third kappa shape index (κ3) is 51.6. The minimum absolute atomic E-state index is 0.00634. The van der Waals surface area contributed by atoms with Crippen LogP contribution in [-0.2, 0) is 54.5 Å². The highest BCUT2D eigenvalue weighted by molar-refractivity contribution is 7.12. The van der Waals surface area contributed by atoms with Crippen LogP contribution in [0.15, 0.2) is 174 Å². The van der Waals surface area contributed by atoms with Gasteiger partial charge in [-0.25, -0.2) is 9.59 Å². The second-order valence-electron chi connectivity index (χ2n) is 20.7. The van der Waals surface area contributed by atoms with E-state index >= 15 is 0 Å². The number of ketones is 1. The number of unbranched alkanes of at least 4 members (excludes halogenated alkanes) is 7. The number of carbonyl (C=O) groups is 9. The number of ether oxygens (including phenoxy) is 1. The fourth-order valence-electron chi connectivity index (χ4n) is 7.86. The van der Waals surface area contributed by atoms with Gasteiger partial charge < -0.3 is 45.6 Å². The zero-order valence-electron chi connectivity index (χ0n) is 53.7. The molecule has 0 amide bonds. The van der Waals surface area contributed by atoms with E-state index in [4.69, 9.17) is 45.6 Å². The van der Waals surface area contributed by atoms with Crippen molar-refractivity contribution in [3.05, 3.63) is 217 Å². The molecule has 0 saturated heterocycles. The Morgan fingerprint density at radius 1 is 0.394 bits per heavy atom. The second-order valence-corrected chi connectivity index (χ2v) is 23.4. The smallest absolute Gasteiger partial charge is 0.346 e. The normalized spacial score (nSPS) is 9.68. The van der Waals surface area contributed by atoms with Crippen molar-refractivity contribution in [2.45, 2.75) is 161 Å². The molecule has 0 aliphatic carbocycles. The van der Waals surface area contributed by atoms with Crippen molar-refractivity contribution in [2.24, 2.45) is 0 Å². The quantitative estimate of drug-likeness (QED) is 0.0106. The standard InChI is InChI=1S/C11H14O3.C11H12O3.C11H14O2.C11H20O2.C10H12O2.C8H10O2S.C6H6O2S.C5H4O2S/c1-14-10-7-5-9(6-8-10)3-2-4-11(12)13;12-10(7-4-8-11(13)14)9-5-2-1-3-6-9;12-11(13)9-5-4-8-10-6-2-1-3-7-10;1-2-3-4-5-6-7-8-9-10-11(12)13;11-10(12)8-4-7-9-5-2-1-3-6-9;9-8(10)5-1-3-7-4-2-6-11-7;1-4-2-3-9-5(4)6(7)8;6-5(7)4-1-2-8-3-4/h5-8H,2-4H2,1H3,(H,12,13);1-3,5-6H,4,7-8H2,(H,13,14);1-3,6-7H,4-5,8-9H2,(H,12,13);2H,1,3-10H2,(H,12,13);1-3,5-6H,4,7-8H2,(H,11,12);2,4,6H,1,3,5H2,(H,9,10);2-3H,1H3,(H,7,8);1-3H,(H,6,7). The predicted molar refractivity (Wildman–Crippen MR) is 371 cm³/mol. The average Bonchev–Trinajstić information content (AvgIpc) is 2.32. The van der Waals surface area contributed by atoms with E-state index in [1.807, 2.05) is 102 Å². The Kier molecular flexibility index (Phi) is 51.2. The number of allylic oxidation sites excluding steroid dienone is 1. The van der Waals surface area contributed by atoms with Gasteiger partial charge in [0.1, 0.15) is 10.6 Å². The van der Waals surface area contributed by atoms with Crippen molar-refractivity contribution in [3.8, 4) is 5.75 Å². The fourth-order valence-corrected chi connectivity index (χ4v) is 10.0. The van der Waals surface area contributed by atoms with Gasteiger partial charge in [-0.2, -0.15) is 11.3 Å². The van der Waals surface area contributed by atoms with E-state index in [0.717, 1.165) is 87.5 Å². The predicted octanol–water partition coefficient (Wildman–Crippen LogP) is 17.5. The van der Waals surface area contributed by atoms with Crippen LogP contribution in [0.3, 0.4) is 0 Å². The summed E-state index contributed by atoms with van der Waals surface area (Å²) in [4.78, 5) is 94.7. The molecule has 0 saturated carbocycles. The molecule has 0 atom stereocenters. The number of rotatable bonds is 34. The van der Waals surface area contributed by atoms with Crippen LogP contribution in [0.5, 0.6) is 5.75 Å². The number of hydrogen-bond donors (Lipinski definition) is 8. The Bertz CT molecular complexity index is 3130. The third-order valence-corrected chi connectivity index (χ3v) is 15.4. The van der Waals surface area contributed by atoms with Crippen LogP contribution in [-0.4, -0.2) is 101 Å². The summed E-state index contributed by atoms with van der Waals surface area (Å²) >= 11 is 4.33. The minimum atomic E-state index is -0.856. The van der Waals surface area contributed by atoms with Crippen molar-refractivity contribution < 1.29 is 88.7 Å². The van der Waals surface area contributed by atoms with Gasteiger partial charge in [-0.1, -0.05) is 141 Å². The lowest BCUT2D eigenvalue weighted by Crippen LogP contribution is -2.01. The molecule has 0 bridgehead atoms. The highest BCUT2D eigenvalue weighted by atomic mass is 32.1. The number of aryl methyl sites for hydroxylation is 5. The highest BCUT2D eigenvalue weighted by Gasteiger charge is 2.08. The first-order valence-electron chi connectivity index (χ1n) is 30.8. The Hall–Kier alpha value is -9.05. The lowest BCUT2D eigenvalue weighted by atomic mass is 10.1. The van der Waals surface area contributed by atoms with E-state index in [1.54, 1.807) is 77.9 Å². The van der Waals surface area contributed by atoms with E-state index in [-0.39, 0.29) is 37.9 Å². The van der Waals surface area contributed by atoms with Crippen LogP contribution in [0.2, 0.25) is 0 Å². The third-order valence-electron chi connectivity index (χ3n) is 12.8. The Morgan fingerprint density at radius 2 is 0.830 bits per heavy atom. The van der Waals surface area contributed by atoms with Crippen LogP contribution in [0.25, 0.3) is 0 Å². The van der Waals surface area contributed by atoms with Crippen molar-refractivity contribution in [1.82, 2.24) is 0 Å². The van der Waals surface area contributed by atoms with E-state index in [9.17, 15) is 43.2 Å². The summed E-state index contributed by atoms with van der Waals surface area (Å²) in [6.45, 7) is 5.45. The van der Waals surface area contributed by atoms with Crippen LogP contribution in [0.4, 0.5) is 0 Å². The van der Waals surface area contributed by atoms with Gasteiger partial charge in [0.15, 0.2) is 5.78 Å². The van der Waals surface area contributed by atoms with Gasteiger partial charge in [0, 0.05) is 60.8 Å². The molecule has 8 N–H and O–H groups in total. The van der Waals surface area contributed by atoms with E-state index in [0.29, 0.717) is 41.7 Å².